The summed E-state index contributed by atoms with van der Waals surface area (Å²) in [5.41, 5.74) is 2.38. The molecule has 0 bridgehead atoms. The van der Waals surface area contributed by atoms with Crippen LogP contribution in [0, 0.1) is 10.1 Å². The molecular formula is C25H18ClN4O5-. The van der Waals surface area contributed by atoms with Crippen molar-refractivity contribution >= 4 is 41.4 Å². The second kappa shape index (κ2) is 11.9. The van der Waals surface area contributed by atoms with Gasteiger partial charge in [-0.3, -0.25) is 19.7 Å². The molecule has 3 aromatic carbocycles. The normalized spacial score (nSPS) is 11.5. The maximum atomic E-state index is 12.7. The molecule has 0 fully saturated rings. The van der Waals surface area contributed by atoms with Crippen molar-refractivity contribution in [2.24, 2.45) is 5.10 Å². The summed E-state index contributed by atoms with van der Waals surface area (Å²) in [5, 5.41) is 29.3. The van der Waals surface area contributed by atoms with E-state index >= 15 is 0 Å². The SMILES string of the molecule is O=C(N/N=C\c1cc(Cl)cc([N+](=O)[O-])c1[O-])/C(=C/C=C/c1ccccc1)NC(=O)c1ccccc1. The van der Waals surface area contributed by atoms with Gasteiger partial charge < -0.3 is 10.4 Å². The smallest absolute Gasteiger partial charge is 0.287 e. The number of halogens is 1. The largest absolute Gasteiger partial charge is 0.867 e. The number of hydrogen-bond donors (Lipinski definition) is 2. The molecule has 0 atom stereocenters. The van der Waals surface area contributed by atoms with Crippen LogP contribution < -0.4 is 15.8 Å². The number of nitro benzene ring substituents is 1. The van der Waals surface area contributed by atoms with E-state index in [1.54, 1.807) is 42.5 Å². The lowest BCUT2D eigenvalue weighted by Gasteiger charge is -2.11. The first kappa shape index (κ1) is 24.9. The van der Waals surface area contributed by atoms with E-state index < -0.39 is 28.2 Å². The highest BCUT2D eigenvalue weighted by atomic mass is 35.5. The zero-order valence-electron chi connectivity index (χ0n) is 18.1. The van der Waals surface area contributed by atoms with Crippen LogP contribution in [-0.4, -0.2) is 23.0 Å². The van der Waals surface area contributed by atoms with E-state index in [0.717, 1.165) is 17.8 Å². The standard InChI is InChI=1S/C25H19ClN4O5/c26-20-14-19(23(31)22(15-20)30(34)35)16-27-29-25(33)21(13-7-10-17-8-3-1-4-9-17)28-24(32)18-11-5-2-6-12-18/h1-16,31H,(H,28,32)(H,29,33)/p-1/b10-7+,21-13-,27-16-. The fraction of sp³-hybridized carbons (Fsp3) is 0. The van der Waals surface area contributed by atoms with Gasteiger partial charge in [-0.05, 0) is 41.2 Å². The summed E-state index contributed by atoms with van der Waals surface area (Å²) in [5.74, 6) is -2.21. The molecule has 0 spiro atoms. The molecule has 10 heteroatoms. The number of allylic oxidation sites excluding steroid dienone is 2. The highest BCUT2D eigenvalue weighted by Crippen LogP contribution is 2.29. The summed E-state index contributed by atoms with van der Waals surface area (Å²) in [7, 11) is 0. The Morgan fingerprint density at radius 3 is 2.31 bits per heavy atom. The number of carbonyl (C=O) groups is 2. The maximum absolute atomic E-state index is 12.7. The first-order valence-corrected chi connectivity index (χ1v) is 10.5. The summed E-state index contributed by atoms with van der Waals surface area (Å²) in [6, 6.07) is 19.7. The molecule has 3 aromatic rings. The molecular weight excluding hydrogens is 472 g/mol. The highest BCUT2D eigenvalue weighted by molar-refractivity contribution is 6.31. The van der Waals surface area contributed by atoms with Gasteiger partial charge >= 0.3 is 0 Å². The van der Waals surface area contributed by atoms with E-state index in [-0.39, 0.29) is 16.3 Å². The van der Waals surface area contributed by atoms with E-state index in [1.165, 1.54) is 12.1 Å². The zero-order chi connectivity index (χ0) is 25.2. The average molecular weight is 490 g/mol. The molecule has 0 saturated heterocycles. The van der Waals surface area contributed by atoms with Gasteiger partial charge in [0.1, 0.15) is 5.70 Å². The molecule has 3 rings (SSSR count). The molecule has 0 aliphatic heterocycles. The third-order valence-corrected chi connectivity index (χ3v) is 4.73. The molecule has 0 heterocycles. The minimum Gasteiger partial charge on any atom is -0.867 e. The molecule has 0 aromatic heterocycles. The Bertz CT molecular complexity index is 1320. The third kappa shape index (κ3) is 7.11. The van der Waals surface area contributed by atoms with Crippen molar-refractivity contribution in [3.8, 4) is 5.75 Å². The van der Waals surface area contributed by atoms with Crippen molar-refractivity contribution in [1.29, 1.82) is 0 Å². The first-order valence-electron chi connectivity index (χ1n) is 10.1. The van der Waals surface area contributed by atoms with Gasteiger partial charge in [0.2, 0.25) is 0 Å². The first-order chi connectivity index (χ1) is 16.8. The van der Waals surface area contributed by atoms with Crippen LogP contribution in [-0.2, 0) is 4.79 Å². The van der Waals surface area contributed by atoms with Crippen molar-refractivity contribution < 1.29 is 19.6 Å². The number of nitrogens with zero attached hydrogens (tertiary/aromatic N) is 2. The number of amides is 2. The second-order valence-electron chi connectivity index (χ2n) is 6.97. The number of rotatable bonds is 8. The Kier molecular flexibility index (Phi) is 8.47. The average Bonchev–Trinajstić information content (AvgIpc) is 2.86. The van der Waals surface area contributed by atoms with Crippen LogP contribution in [0.4, 0.5) is 5.69 Å². The number of hydrazone groups is 1. The molecule has 2 amide bonds. The molecule has 0 aliphatic rings. The van der Waals surface area contributed by atoms with E-state index in [0.29, 0.717) is 5.56 Å². The quantitative estimate of drug-likeness (QED) is 0.163. The number of nitrogens with one attached hydrogen (secondary N) is 2. The minimum atomic E-state index is -0.906. The van der Waals surface area contributed by atoms with E-state index in [4.69, 9.17) is 11.6 Å². The van der Waals surface area contributed by atoms with Gasteiger partial charge in [0.25, 0.3) is 17.5 Å². The topological polar surface area (TPSA) is 137 Å². The lowest BCUT2D eigenvalue weighted by Crippen LogP contribution is -2.32. The van der Waals surface area contributed by atoms with E-state index in [9.17, 15) is 24.8 Å². The Hall–Kier alpha value is -4.76. The van der Waals surface area contributed by atoms with Gasteiger partial charge in [-0.1, -0.05) is 72.3 Å². The second-order valence-corrected chi connectivity index (χ2v) is 7.41. The van der Waals surface area contributed by atoms with Crippen LogP contribution in [0.3, 0.4) is 0 Å². The van der Waals surface area contributed by atoms with Gasteiger partial charge in [-0.25, -0.2) is 5.43 Å². The van der Waals surface area contributed by atoms with Gasteiger partial charge in [-0.2, -0.15) is 5.10 Å². The molecule has 0 aliphatic carbocycles. The lowest BCUT2D eigenvalue weighted by atomic mass is 10.2. The molecule has 176 valence electrons. The van der Waals surface area contributed by atoms with Crippen LogP contribution in [0.15, 0.2) is 95.7 Å². The lowest BCUT2D eigenvalue weighted by molar-refractivity contribution is -0.398. The van der Waals surface area contributed by atoms with Crippen molar-refractivity contribution in [1.82, 2.24) is 10.7 Å². The summed E-state index contributed by atoms with van der Waals surface area (Å²) in [4.78, 5) is 35.4. The number of nitro groups is 1. The van der Waals surface area contributed by atoms with Crippen LogP contribution >= 0.6 is 11.6 Å². The van der Waals surface area contributed by atoms with Crippen LogP contribution in [0.1, 0.15) is 21.5 Å². The summed E-state index contributed by atoms with van der Waals surface area (Å²) >= 11 is 5.82. The zero-order valence-corrected chi connectivity index (χ0v) is 18.8. The van der Waals surface area contributed by atoms with Crippen LogP contribution in [0.2, 0.25) is 5.02 Å². The monoisotopic (exact) mass is 489 g/mol. The third-order valence-electron chi connectivity index (χ3n) is 4.51. The van der Waals surface area contributed by atoms with Gasteiger partial charge in [0.05, 0.1) is 11.1 Å². The molecule has 0 radical (unpaired) electrons. The molecule has 0 unspecified atom stereocenters. The minimum absolute atomic E-state index is 0.0363. The number of benzene rings is 3. The highest BCUT2D eigenvalue weighted by Gasteiger charge is 2.14. The number of hydrogen-bond acceptors (Lipinski definition) is 6. The molecule has 2 N–H and O–H groups in total. The van der Waals surface area contributed by atoms with Crippen molar-refractivity contribution in [2.75, 3.05) is 0 Å². The predicted octanol–water partition coefficient (Wildman–Crippen LogP) is 3.80. The summed E-state index contributed by atoms with van der Waals surface area (Å²) < 4.78 is 0. The molecule has 9 nitrogen and oxygen atoms in total. The number of carbonyl (C=O) groups excluding carboxylic acids is 2. The molecule has 35 heavy (non-hydrogen) atoms. The van der Waals surface area contributed by atoms with Crippen molar-refractivity contribution in [3.63, 3.8) is 0 Å². The van der Waals surface area contributed by atoms with Gasteiger partial charge in [-0.15, -0.1) is 0 Å². The van der Waals surface area contributed by atoms with Crippen molar-refractivity contribution in [3.05, 3.63) is 122 Å². The van der Waals surface area contributed by atoms with Gasteiger partial charge in [0.15, 0.2) is 0 Å². The van der Waals surface area contributed by atoms with Gasteiger partial charge in [0, 0.05) is 16.7 Å². The Morgan fingerprint density at radius 2 is 1.66 bits per heavy atom. The summed E-state index contributed by atoms with van der Waals surface area (Å²) in [6.07, 6.45) is 5.65. The van der Waals surface area contributed by atoms with E-state index in [2.05, 4.69) is 15.8 Å². The fourth-order valence-electron chi connectivity index (χ4n) is 2.83. The van der Waals surface area contributed by atoms with Crippen LogP contribution in [0.5, 0.6) is 5.75 Å². The maximum Gasteiger partial charge on any atom is 0.287 e. The summed E-state index contributed by atoms with van der Waals surface area (Å²) in [6.45, 7) is 0. The predicted molar refractivity (Wildman–Crippen MR) is 131 cm³/mol. The Morgan fingerprint density at radius 1 is 1.00 bits per heavy atom. The van der Waals surface area contributed by atoms with Crippen LogP contribution in [0.25, 0.3) is 6.08 Å². The fourth-order valence-corrected chi connectivity index (χ4v) is 3.05. The van der Waals surface area contributed by atoms with E-state index in [1.807, 2.05) is 30.3 Å². The molecule has 0 saturated carbocycles. The van der Waals surface area contributed by atoms with Crippen molar-refractivity contribution in [2.45, 2.75) is 0 Å². The Balaban J connectivity index is 1.81. The Labute approximate surface area is 205 Å².